The number of hydrogen-bond donors (Lipinski definition) is 2. The predicted molar refractivity (Wildman–Crippen MR) is 58.7 cm³/mol. The highest BCUT2D eigenvalue weighted by Crippen LogP contribution is 2.34. The van der Waals surface area contributed by atoms with E-state index in [1.54, 1.807) is 10.6 Å². The lowest BCUT2D eigenvalue weighted by Gasteiger charge is -2.03. The van der Waals surface area contributed by atoms with E-state index in [-0.39, 0.29) is 12.4 Å². The molecule has 3 N–H and O–H groups in total. The summed E-state index contributed by atoms with van der Waals surface area (Å²) >= 11 is 0. The van der Waals surface area contributed by atoms with Crippen LogP contribution in [0.2, 0.25) is 0 Å². The molecule has 4 heteroatoms. The van der Waals surface area contributed by atoms with E-state index in [2.05, 4.69) is 0 Å². The van der Waals surface area contributed by atoms with Gasteiger partial charge in [0.05, 0.1) is 11.9 Å². The fourth-order valence-corrected chi connectivity index (χ4v) is 1.92. The Morgan fingerprint density at radius 3 is 2.80 bits per heavy atom. The molecule has 2 rings (SSSR count). The molecular formula is C11H13FN2O. The molecule has 0 aliphatic carbocycles. The first kappa shape index (κ1) is 9.83. The molecule has 0 aliphatic rings. The highest BCUT2D eigenvalue weighted by atomic mass is 19.1. The van der Waals surface area contributed by atoms with Gasteiger partial charge in [0, 0.05) is 16.8 Å². The molecular weight excluding hydrogens is 195 g/mol. The molecule has 1 heterocycles. The van der Waals surface area contributed by atoms with Gasteiger partial charge in [-0.3, -0.25) is 0 Å². The van der Waals surface area contributed by atoms with Crippen LogP contribution in [0.5, 0.6) is 5.88 Å². The Morgan fingerprint density at radius 2 is 2.20 bits per heavy atom. The van der Waals surface area contributed by atoms with Crippen LogP contribution < -0.4 is 5.73 Å². The third-order valence-electron chi connectivity index (χ3n) is 2.68. The fraction of sp³-hybridized carbons (Fsp3) is 0.273. The highest BCUT2D eigenvalue weighted by Gasteiger charge is 2.14. The Bertz CT molecular complexity index is 505. The summed E-state index contributed by atoms with van der Waals surface area (Å²) in [5.41, 5.74) is 7.13. The van der Waals surface area contributed by atoms with Crippen LogP contribution in [-0.2, 0) is 6.54 Å². The highest BCUT2D eigenvalue weighted by molar-refractivity contribution is 5.99. The van der Waals surface area contributed by atoms with Crippen LogP contribution in [0.4, 0.5) is 10.1 Å². The van der Waals surface area contributed by atoms with Gasteiger partial charge >= 0.3 is 0 Å². The van der Waals surface area contributed by atoms with E-state index in [4.69, 9.17) is 5.73 Å². The maximum atomic E-state index is 12.3. The summed E-state index contributed by atoms with van der Waals surface area (Å²) in [5.74, 6) is 0.0539. The molecule has 0 saturated heterocycles. The summed E-state index contributed by atoms with van der Waals surface area (Å²) < 4.78 is 13.8. The summed E-state index contributed by atoms with van der Waals surface area (Å²) in [5, 5.41) is 11.4. The van der Waals surface area contributed by atoms with Crippen molar-refractivity contribution < 1.29 is 9.50 Å². The third kappa shape index (κ3) is 1.33. The van der Waals surface area contributed by atoms with E-state index in [1.807, 2.05) is 19.1 Å². The van der Waals surface area contributed by atoms with Crippen molar-refractivity contribution in [3.05, 3.63) is 23.9 Å². The molecule has 0 radical (unpaired) electrons. The van der Waals surface area contributed by atoms with Gasteiger partial charge in [-0.05, 0) is 13.0 Å². The number of anilines is 1. The van der Waals surface area contributed by atoms with E-state index in [9.17, 15) is 9.50 Å². The Kier molecular flexibility index (Phi) is 2.26. The normalized spacial score (nSPS) is 11.1. The summed E-state index contributed by atoms with van der Waals surface area (Å²) in [7, 11) is 0. The minimum atomic E-state index is -0.505. The molecule has 0 aliphatic heterocycles. The van der Waals surface area contributed by atoms with Crippen molar-refractivity contribution in [1.82, 2.24) is 4.57 Å². The lowest BCUT2D eigenvalue weighted by atomic mass is 10.1. The SMILES string of the molecule is Cc1c2cccc(N)c2c(O)n1CCF. The molecule has 0 spiro atoms. The van der Waals surface area contributed by atoms with Gasteiger partial charge in [0.25, 0.3) is 0 Å². The third-order valence-corrected chi connectivity index (χ3v) is 2.68. The standard InChI is InChI=1S/C11H13FN2O/c1-7-8-3-2-4-9(13)10(8)11(15)14(7)6-5-12/h2-4,15H,5-6,13H2,1H3. The van der Waals surface area contributed by atoms with Crippen molar-refractivity contribution in [2.24, 2.45) is 0 Å². The second kappa shape index (κ2) is 3.46. The van der Waals surface area contributed by atoms with Gasteiger partial charge in [-0.25, -0.2) is 4.39 Å². The van der Waals surface area contributed by atoms with Gasteiger partial charge in [-0.15, -0.1) is 0 Å². The topological polar surface area (TPSA) is 51.2 Å². The van der Waals surface area contributed by atoms with Gasteiger partial charge < -0.3 is 15.4 Å². The molecule has 1 aromatic carbocycles. The van der Waals surface area contributed by atoms with E-state index < -0.39 is 6.67 Å². The quantitative estimate of drug-likeness (QED) is 0.743. The van der Waals surface area contributed by atoms with Crippen LogP contribution in [0.3, 0.4) is 0 Å². The zero-order chi connectivity index (χ0) is 11.0. The molecule has 3 nitrogen and oxygen atoms in total. The van der Waals surface area contributed by atoms with Crippen molar-refractivity contribution in [1.29, 1.82) is 0 Å². The number of benzene rings is 1. The van der Waals surface area contributed by atoms with E-state index in [0.29, 0.717) is 11.1 Å². The monoisotopic (exact) mass is 208 g/mol. The smallest absolute Gasteiger partial charge is 0.201 e. The molecule has 15 heavy (non-hydrogen) atoms. The molecule has 0 fully saturated rings. The maximum Gasteiger partial charge on any atom is 0.201 e. The Morgan fingerprint density at radius 1 is 1.47 bits per heavy atom. The molecule has 1 aromatic heterocycles. The van der Waals surface area contributed by atoms with Gasteiger partial charge in [-0.2, -0.15) is 0 Å². The lowest BCUT2D eigenvalue weighted by Crippen LogP contribution is -2.00. The summed E-state index contributed by atoms with van der Waals surface area (Å²) in [6.45, 7) is 1.50. The van der Waals surface area contributed by atoms with Crippen molar-refractivity contribution >= 4 is 16.5 Å². The van der Waals surface area contributed by atoms with Crippen molar-refractivity contribution in [3.8, 4) is 5.88 Å². The predicted octanol–water partition coefficient (Wildman–Crippen LogP) is 2.21. The lowest BCUT2D eigenvalue weighted by molar-refractivity contribution is 0.383. The summed E-state index contributed by atoms with van der Waals surface area (Å²) in [6.07, 6.45) is 0. The van der Waals surface area contributed by atoms with Crippen molar-refractivity contribution in [2.75, 3.05) is 12.4 Å². The molecule has 0 unspecified atom stereocenters. The second-order valence-corrected chi connectivity index (χ2v) is 3.52. The molecule has 80 valence electrons. The molecule has 0 bridgehead atoms. The van der Waals surface area contributed by atoms with Gasteiger partial charge in [0.1, 0.15) is 6.67 Å². The second-order valence-electron chi connectivity index (χ2n) is 3.52. The maximum absolute atomic E-state index is 12.3. The average molecular weight is 208 g/mol. The first-order chi connectivity index (χ1) is 7.16. The van der Waals surface area contributed by atoms with Crippen LogP contribution in [0.25, 0.3) is 10.8 Å². The average Bonchev–Trinajstić information content (AvgIpc) is 2.45. The Balaban J connectivity index is 2.79. The number of halogens is 1. The number of aryl methyl sites for hydroxylation is 1. The van der Waals surface area contributed by atoms with Crippen molar-refractivity contribution in [3.63, 3.8) is 0 Å². The number of aromatic hydroxyl groups is 1. The van der Waals surface area contributed by atoms with Crippen LogP contribution >= 0.6 is 0 Å². The minimum absolute atomic E-state index is 0.0539. The Hall–Kier alpha value is -1.71. The summed E-state index contributed by atoms with van der Waals surface area (Å²) in [6, 6.07) is 5.42. The number of nitrogens with two attached hydrogens (primary N) is 1. The molecule has 0 saturated carbocycles. The van der Waals surface area contributed by atoms with Gasteiger partial charge in [-0.1, -0.05) is 12.1 Å². The number of hydrogen-bond acceptors (Lipinski definition) is 2. The number of nitrogen functional groups attached to an aromatic ring is 1. The first-order valence-corrected chi connectivity index (χ1v) is 4.79. The van der Waals surface area contributed by atoms with Crippen LogP contribution in [-0.4, -0.2) is 16.3 Å². The summed E-state index contributed by atoms with van der Waals surface area (Å²) in [4.78, 5) is 0. The zero-order valence-corrected chi connectivity index (χ0v) is 8.50. The van der Waals surface area contributed by atoms with Gasteiger partial charge in [0.15, 0.2) is 0 Å². The molecule has 0 atom stereocenters. The number of fused-ring (bicyclic) bond motifs is 1. The molecule has 0 amide bonds. The number of aromatic nitrogens is 1. The van der Waals surface area contributed by atoms with E-state index in [0.717, 1.165) is 11.1 Å². The minimum Gasteiger partial charge on any atom is -0.494 e. The van der Waals surface area contributed by atoms with E-state index >= 15 is 0 Å². The van der Waals surface area contributed by atoms with E-state index in [1.165, 1.54) is 0 Å². The largest absolute Gasteiger partial charge is 0.494 e. The van der Waals surface area contributed by atoms with Crippen LogP contribution in [0.15, 0.2) is 18.2 Å². The first-order valence-electron chi connectivity index (χ1n) is 4.79. The molecule has 2 aromatic rings. The number of nitrogens with zero attached hydrogens (tertiary/aromatic N) is 1. The fourth-order valence-electron chi connectivity index (χ4n) is 1.92. The number of alkyl halides is 1. The number of rotatable bonds is 2. The van der Waals surface area contributed by atoms with Crippen LogP contribution in [0.1, 0.15) is 5.69 Å². The zero-order valence-electron chi connectivity index (χ0n) is 8.50. The van der Waals surface area contributed by atoms with Crippen molar-refractivity contribution in [2.45, 2.75) is 13.5 Å². The van der Waals surface area contributed by atoms with Gasteiger partial charge in [0.2, 0.25) is 5.88 Å². The Labute approximate surface area is 86.9 Å². The van der Waals surface area contributed by atoms with Crippen LogP contribution in [0, 0.1) is 6.92 Å².